The minimum absolute atomic E-state index is 0.0000630. The lowest BCUT2D eigenvalue weighted by molar-refractivity contribution is -0.126. The van der Waals surface area contributed by atoms with Gasteiger partial charge in [0.25, 0.3) is 0 Å². The van der Waals surface area contributed by atoms with E-state index < -0.39 is 10.0 Å². The lowest BCUT2D eigenvalue weighted by Gasteiger charge is -2.30. The van der Waals surface area contributed by atoms with Crippen LogP contribution >= 0.6 is 0 Å². The summed E-state index contributed by atoms with van der Waals surface area (Å²) in [4.78, 5) is 24.6. The van der Waals surface area contributed by atoms with Gasteiger partial charge in [-0.05, 0) is 68.4 Å². The van der Waals surface area contributed by atoms with Crippen molar-refractivity contribution in [3.8, 4) is 0 Å². The molecule has 2 heterocycles. The molecule has 4 rings (SSSR count). The van der Waals surface area contributed by atoms with E-state index in [-0.39, 0.29) is 22.6 Å². The van der Waals surface area contributed by atoms with Gasteiger partial charge in [-0.15, -0.1) is 0 Å². The van der Waals surface area contributed by atoms with Crippen molar-refractivity contribution in [3.05, 3.63) is 59.2 Å². The molecule has 2 amide bonds. The predicted molar refractivity (Wildman–Crippen MR) is 127 cm³/mol. The average molecular weight is 470 g/mol. The molecule has 0 bridgehead atoms. The van der Waals surface area contributed by atoms with E-state index in [0.717, 1.165) is 12.0 Å². The Labute approximate surface area is 195 Å². The summed E-state index contributed by atoms with van der Waals surface area (Å²) in [7, 11) is -3.64. The van der Waals surface area contributed by atoms with Crippen molar-refractivity contribution in [3.63, 3.8) is 0 Å². The summed E-state index contributed by atoms with van der Waals surface area (Å²) in [6.07, 6.45) is 3.61. The first-order valence-electron chi connectivity index (χ1n) is 11.6. The van der Waals surface area contributed by atoms with E-state index in [1.807, 2.05) is 6.92 Å². The molecule has 0 unspecified atom stereocenters. The number of sulfonamides is 1. The first-order chi connectivity index (χ1) is 15.8. The van der Waals surface area contributed by atoms with Gasteiger partial charge in [-0.1, -0.05) is 29.8 Å². The van der Waals surface area contributed by atoms with Gasteiger partial charge in [0.1, 0.15) is 0 Å². The minimum atomic E-state index is -3.64. The van der Waals surface area contributed by atoms with Gasteiger partial charge in [0.15, 0.2) is 0 Å². The Hall–Kier alpha value is -2.71. The Kier molecular flexibility index (Phi) is 7.14. The minimum Gasteiger partial charge on any atom is -0.356 e. The van der Waals surface area contributed by atoms with Gasteiger partial charge in [-0.25, -0.2) is 8.42 Å². The second kappa shape index (κ2) is 10.1. The quantitative estimate of drug-likeness (QED) is 0.680. The van der Waals surface area contributed by atoms with Crippen LogP contribution in [0.5, 0.6) is 0 Å². The SMILES string of the molecule is Cc1ccc(CCNC(=O)C2CCN(S(=O)(=O)c3ccc4c(c3)CCCC(=O)N4)CC2)cc1. The number of hydrogen-bond acceptors (Lipinski definition) is 4. The van der Waals surface area contributed by atoms with Crippen molar-refractivity contribution in [1.82, 2.24) is 9.62 Å². The maximum atomic E-state index is 13.2. The first kappa shape index (κ1) is 23.4. The van der Waals surface area contributed by atoms with Crippen LogP contribution in [0.25, 0.3) is 0 Å². The molecule has 2 aromatic carbocycles. The normalized spacial score (nSPS) is 17.7. The number of fused-ring (bicyclic) bond motifs is 1. The standard InChI is InChI=1S/C25H31N3O4S/c1-18-5-7-19(8-6-18)11-14-26-25(30)20-12-15-28(16-13-20)33(31,32)22-9-10-23-21(17-22)3-2-4-24(29)27-23/h5-10,17,20H,2-4,11-16H2,1H3,(H,26,30)(H,27,29). The van der Waals surface area contributed by atoms with E-state index in [1.54, 1.807) is 18.2 Å². The lowest BCUT2D eigenvalue weighted by atomic mass is 9.97. The van der Waals surface area contributed by atoms with Crippen LogP contribution in [0.2, 0.25) is 0 Å². The zero-order chi connectivity index (χ0) is 23.4. The van der Waals surface area contributed by atoms with Crippen LogP contribution in [0, 0.1) is 12.8 Å². The van der Waals surface area contributed by atoms with Crippen LogP contribution in [-0.4, -0.2) is 44.2 Å². The van der Waals surface area contributed by atoms with Crippen LogP contribution in [-0.2, 0) is 32.5 Å². The molecule has 1 fully saturated rings. The van der Waals surface area contributed by atoms with Crippen LogP contribution in [0.15, 0.2) is 47.4 Å². The Morgan fingerprint density at radius 3 is 2.55 bits per heavy atom. The summed E-state index contributed by atoms with van der Waals surface area (Å²) in [5, 5.41) is 5.84. The monoisotopic (exact) mass is 469 g/mol. The molecule has 2 aliphatic heterocycles. The lowest BCUT2D eigenvalue weighted by Crippen LogP contribution is -2.43. The van der Waals surface area contributed by atoms with Crippen LogP contribution in [0.4, 0.5) is 5.69 Å². The van der Waals surface area contributed by atoms with Gasteiger partial charge < -0.3 is 10.6 Å². The summed E-state index contributed by atoms with van der Waals surface area (Å²) in [5.74, 6) is -0.208. The van der Waals surface area contributed by atoms with E-state index >= 15 is 0 Å². The maximum Gasteiger partial charge on any atom is 0.243 e. The highest BCUT2D eigenvalue weighted by atomic mass is 32.2. The van der Waals surface area contributed by atoms with Crippen molar-refractivity contribution in [2.45, 2.75) is 50.3 Å². The molecule has 2 aromatic rings. The predicted octanol–water partition coefficient (Wildman–Crippen LogP) is 3.03. The highest BCUT2D eigenvalue weighted by Gasteiger charge is 2.32. The zero-order valence-electron chi connectivity index (χ0n) is 19.0. The molecule has 2 aliphatic rings. The molecule has 176 valence electrons. The van der Waals surface area contributed by atoms with Gasteiger partial charge >= 0.3 is 0 Å². The number of benzene rings is 2. The van der Waals surface area contributed by atoms with Gasteiger partial charge in [0.2, 0.25) is 21.8 Å². The average Bonchev–Trinajstić information content (AvgIpc) is 3.00. The van der Waals surface area contributed by atoms with Crippen molar-refractivity contribution >= 4 is 27.5 Å². The third kappa shape index (κ3) is 5.62. The molecule has 33 heavy (non-hydrogen) atoms. The molecule has 2 N–H and O–H groups in total. The van der Waals surface area contributed by atoms with Gasteiger partial charge in [0.05, 0.1) is 4.90 Å². The van der Waals surface area contributed by atoms with Crippen molar-refractivity contribution in [2.24, 2.45) is 5.92 Å². The number of hydrogen-bond donors (Lipinski definition) is 2. The number of anilines is 1. The van der Waals surface area contributed by atoms with Crippen molar-refractivity contribution < 1.29 is 18.0 Å². The number of nitrogens with zero attached hydrogens (tertiary/aromatic N) is 1. The molecule has 0 saturated carbocycles. The summed E-state index contributed by atoms with van der Waals surface area (Å²) >= 11 is 0. The molecule has 0 spiro atoms. The summed E-state index contributed by atoms with van der Waals surface area (Å²) in [6, 6.07) is 13.2. The topological polar surface area (TPSA) is 95.6 Å². The molecule has 0 aromatic heterocycles. The molecule has 0 radical (unpaired) electrons. The highest BCUT2D eigenvalue weighted by molar-refractivity contribution is 7.89. The molecule has 0 aliphatic carbocycles. The van der Waals surface area contributed by atoms with Crippen LogP contribution in [0.3, 0.4) is 0 Å². The van der Waals surface area contributed by atoms with Crippen LogP contribution in [0.1, 0.15) is 42.4 Å². The van der Waals surface area contributed by atoms with E-state index in [0.29, 0.717) is 57.4 Å². The van der Waals surface area contributed by atoms with Crippen molar-refractivity contribution in [2.75, 3.05) is 25.0 Å². The number of aryl methyl sites for hydroxylation is 2. The molecule has 0 atom stereocenters. The second-order valence-electron chi connectivity index (χ2n) is 8.93. The third-order valence-corrected chi connectivity index (χ3v) is 8.39. The van der Waals surface area contributed by atoms with Crippen LogP contribution < -0.4 is 10.6 Å². The number of carbonyl (C=O) groups excluding carboxylic acids is 2. The summed E-state index contributed by atoms with van der Waals surface area (Å²) in [6.45, 7) is 3.27. The van der Waals surface area contributed by atoms with Gasteiger partial charge in [-0.2, -0.15) is 4.31 Å². The summed E-state index contributed by atoms with van der Waals surface area (Å²) in [5.41, 5.74) is 3.94. The molecular weight excluding hydrogens is 438 g/mol. The first-order valence-corrected chi connectivity index (χ1v) is 13.0. The number of nitrogens with one attached hydrogen (secondary N) is 2. The fourth-order valence-corrected chi connectivity index (χ4v) is 5.97. The fourth-order valence-electron chi connectivity index (χ4n) is 4.45. The molecule has 1 saturated heterocycles. The Bertz CT molecular complexity index is 1120. The molecular formula is C25H31N3O4S. The Morgan fingerprint density at radius 2 is 1.82 bits per heavy atom. The van der Waals surface area contributed by atoms with Crippen molar-refractivity contribution in [1.29, 1.82) is 0 Å². The largest absolute Gasteiger partial charge is 0.356 e. The fraction of sp³-hybridized carbons (Fsp3) is 0.440. The third-order valence-electron chi connectivity index (χ3n) is 6.50. The van der Waals surface area contributed by atoms with E-state index in [2.05, 4.69) is 34.9 Å². The number of amides is 2. The second-order valence-corrected chi connectivity index (χ2v) is 10.9. The summed E-state index contributed by atoms with van der Waals surface area (Å²) < 4.78 is 27.9. The number of piperidine rings is 1. The molecule has 8 heteroatoms. The smallest absolute Gasteiger partial charge is 0.243 e. The van der Waals surface area contributed by atoms with E-state index in [4.69, 9.17) is 0 Å². The Balaban J connectivity index is 1.31. The number of carbonyl (C=O) groups is 2. The maximum absolute atomic E-state index is 13.2. The van der Waals surface area contributed by atoms with Gasteiger partial charge in [0, 0.05) is 37.7 Å². The Morgan fingerprint density at radius 1 is 1.09 bits per heavy atom. The van der Waals surface area contributed by atoms with Gasteiger partial charge in [-0.3, -0.25) is 9.59 Å². The zero-order valence-corrected chi connectivity index (χ0v) is 19.8. The molecule has 7 nitrogen and oxygen atoms in total. The number of rotatable bonds is 6. The van der Waals surface area contributed by atoms with E-state index in [9.17, 15) is 18.0 Å². The highest BCUT2D eigenvalue weighted by Crippen LogP contribution is 2.29. The van der Waals surface area contributed by atoms with E-state index in [1.165, 1.54) is 15.4 Å².